The topological polar surface area (TPSA) is 44.7 Å². The summed E-state index contributed by atoms with van der Waals surface area (Å²) in [7, 11) is 0. The van der Waals surface area contributed by atoms with E-state index in [-0.39, 0.29) is 0 Å². The zero-order valence-electron chi connectivity index (χ0n) is 16.1. The minimum absolute atomic E-state index is 0.582. The van der Waals surface area contributed by atoms with Gasteiger partial charge in [-0.25, -0.2) is 9.97 Å². The van der Waals surface area contributed by atoms with E-state index in [1.165, 1.54) is 0 Å². The van der Waals surface area contributed by atoms with Crippen molar-refractivity contribution in [1.29, 1.82) is 0 Å². The number of piperazine rings is 1. The first kappa shape index (κ1) is 18.3. The van der Waals surface area contributed by atoms with Crippen molar-refractivity contribution in [1.82, 2.24) is 19.8 Å². The molecule has 1 aromatic carbocycles. The van der Waals surface area contributed by atoms with Gasteiger partial charge in [-0.05, 0) is 13.0 Å². The molecule has 4 rings (SSSR count). The molecule has 0 bridgehead atoms. The fraction of sp³-hybridized carbons (Fsp3) is 0.524. The van der Waals surface area contributed by atoms with E-state index < -0.39 is 0 Å². The molecule has 1 atom stereocenters. The van der Waals surface area contributed by atoms with Crippen LogP contribution in [0, 0.1) is 0 Å². The van der Waals surface area contributed by atoms with Crippen molar-refractivity contribution < 1.29 is 4.74 Å². The zero-order chi connectivity index (χ0) is 18.5. The number of hydrogen-bond acceptors (Lipinski definition) is 6. The molecule has 2 aromatic rings. The SMILES string of the molecule is C[C@H](CN1CCN(c2nccc(-c3ccccc3)n2)CC1)N1CCOCC1. The average molecular weight is 367 g/mol. The number of aromatic nitrogens is 2. The molecule has 2 aliphatic rings. The molecule has 3 heterocycles. The minimum atomic E-state index is 0.582. The summed E-state index contributed by atoms with van der Waals surface area (Å²) in [5, 5.41) is 0. The highest BCUT2D eigenvalue weighted by atomic mass is 16.5. The Hall–Kier alpha value is -2.02. The predicted molar refractivity (Wildman–Crippen MR) is 108 cm³/mol. The highest BCUT2D eigenvalue weighted by Gasteiger charge is 2.23. The van der Waals surface area contributed by atoms with Crippen LogP contribution in [0.2, 0.25) is 0 Å². The van der Waals surface area contributed by atoms with Gasteiger partial charge in [-0.2, -0.15) is 0 Å². The molecule has 0 amide bonds. The van der Waals surface area contributed by atoms with Crippen LogP contribution in [0.25, 0.3) is 11.3 Å². The van der Waals surface area contributed by atoms with E-state index >= 15 is 0 Å². The van der Waals surface area contributed by atoms with Crippen molar-refractivity contribution >= 4 is 5.95 Å². The summed E-state index contributed by atoms with van der Waals surface area (Å²) in [4.78, 5) is 16.7. The Kier molecular flexibility index (Phi) is 5.97. The molecule has 27 heavy (non-hydrogen) atoms. The predicted octanol–water partition coefficient (Wildman–Crippen LogP) is 1.99. The smallest absolute Gasteiger partial charge is 0.225 e. The Balaban J connectivity index is 1.33. The third-order valence-electron chi connectivity index (χ3n) is 5.56. The Bertz CT molecular complexity index is 712. The molecular weight excluding hydrogens is 338 g/mol. The van der Waals surface area contributed by atoms with Crippen LogP contribution in [0.1, 0.15) is 6.92 Å². The van der Waals surface area contributed by atoms with Crippen LogP contribution in [0.3, 0.4) is 0 Å². The van der Waals surface area contributed by atoms with Crippen molar-refractivity contribution in [2.24, 2.45) is 0 Å². The summed E-state index contributed by atoms with van der Waals surface area (Å²) in [6, 6.07) is 12.9. The van der Waals surface area contributed by atoms with Gasteiger partial charge < -0.3 is 9.64 Å². The number of nitrogens with zero attached hydrogens (tertiary/aromatic N) is 5. The lowest BCUT2D eigenvalue weighted by Crippen LogP contribution is -2.52. The molecule has 2 fully saturated rings. The van der Waals surface area contributed by atoms with Crippen LogP contribution in [-0.4, -0.2) is 84.8 Å². The third kappa shape index (κ3) is 4.64. The number of rotatable bonds is 5. The fourth-order valence-corrected chi connectivity index (χ4v) is 3.91. The molecule has 0 aliphatic carbocycles. The van der Waals surface area contributed by atoms with Crippen LogP contribution >= 0.6 is 0 Å². The van der Waals surface area contributed by atoms with E-state index in [2.05, 4.69) is 38.7 Å². The number of morpholine rings is 1. The quantitative estimate of drug-likeness (QED) is 0.805. The second-order valence-electron chi connectivity index (χ2n) is 7.39. The molecule has 0 N–H and O–H groups in total. The first-order valence-corrected chi connectivity index (χ1v) is 9.97. The van der Waals surface area contributed by atoms with E-state index in [0.717, 1.165) is 76.2 Å². The summed E-state index contributed by atoms with van der Waals surface area (Å²) in [5.41, 5.74) is 2.13. The molecule has 0 spiro atoms. The van der Waals surface area contributed by atoms with Gasteiger partial charge in [0.05, 0.1) is 18.9 Å². The van der Waals surface area contributed by atoms with E-state index in [4.69, 9.17) is 9.72 Å². The van der Waals surface area contributed by atoms with Crippen molar-refractivity contribution in [3.63, 3.8) is 0 Å². The highest BCUT2D eigenvalue weighted by molar-refractivity contribution is 5.59. The fourth-order valence-electron chi connectivity index (χ4n) is 3.91. The number of benzene rings is 1. The van der Waals surface area contributed by atoms with Gasteiger partial charge in [0.2, 0.25) is 5.95 Å². The second kappa shape index (κ2) is 8.78. The van der Waals surface area contributed by atoms with Gasteiger partial charge in [-0.1, -0.05) is 30.3 Å². The number of hydrogen-bond donors (Lipinski definition) is 0. The molecule has 0 radical (unpaired) electrons. The molecule has 6 nitrogen and oxygen atoms in total. The normalized spacial score (nSPS) is 20.6. The van der Waals surface area contributed by atoms with Crippen molar-refractivity contribution in [3.05, 3.63) is 42.6 Å². The van der Waals surface area contributed by atoms with Crippen molar-refractivity contribution in [3.8, 4) is 11.3 Å². The van der Waals surface area contributed by atoms with Gasteiger partial charge in [0, 0.05) is 63.6 Å². The van der Waals surface area contributed by atoms with E-state index in [0.29, 0.717) is 6.04 Å². The number of anilines is 1. The molecule has 1 aromatic heterocycles. The molecule has 2 saturated heterocycles. The Labute approximate surface area is 161 Å². The molecular formula is C21H29N5O. The maximum atomic E-state index is 5.47. The van der Waals surface area contributed by atoms with Gasteiger partial charge in [0.25, 0.3) is 0 Å². The Morgan fingerprint density at radius 1 is 0.963 bits per heavy atom. The monoisotopic (exact) mass is 367 g/mol. The summed E-state index contributed by atoms with van der Waals surface area (Å²) >= 11 is 0. The van der Waals surface area contributed by atoms with Gasteiger partial charge in [-0.3, -0.25) is 9.80 Å². The van der Waals surface area contributed by atoms with Crippen molar-refractivity contribution in [2.75, 3.05) is 63.9 Å². The van der Waals surface area contributed by atoms with Gasteiger partial charge in [-0.15, -0.1) is 0 Å². The lowest BCUT2D eigenvalue weighted by Gasteiger charge is -2.39. The average Bonchev–Trinajstić information content (AvgIpc) is 2.75. The molecule has 0 unspecified atom stereocenters. The molecule has 6 heteroatoms. The van der Waals surface area contributed by atoms with Gasteiger partial charge >= 0.3 is 0 Å². The zero-order valence-corrected chi connectivity index (χ0v) is 16.1. The Morgan fingerprint density at radius 2 is 1.70 bits per heavy atom. The van der Waals surface area contributed by atoms with E-state index in [1.807, 2.05) is 30.5 Å². The van der Waals surface area contributed by atoms with Crippen molar-refractivity contribution in [2.45, 2.75) is 13.0 Å². The van der Waals surface area contributed by atoms with Crippen LogP contribution in [0.5, 0.6) is 0 Å². The summed E-state index contributed by atoms with van der Waals surface area (Å²) in [5.74, 6) is 0.845. The van der Waals surface area contributed by atoms with Crippen LogP contribution in [0.15, 0.2) is 42.6 Å². The summed E-state index contributed by atoms with van der Waals surface area (Å²) < 4.78 is 5.47. The van der Waals surface area contributed by atoms with Crippen LogP contribution in [-0.2, 0) is 4.74 Å². The third-order valence-corrected chi connectivity index (χ3v) is 5.56. The second-order valence-corrected chi connectivity index (χ2v) is 7.39. The minimum Gasteiger partial charge on any atom is -0.379 e. The largest absolute Gasteiger partial charge is 0.379 e. The lowest BCUT2D eigenvalue weighted by atomic mass is 10.1. The number of ether oxygens (including phenoxy) is 1. The lowest BCUT2D eigenvalue weighted by molar-refractivity contribution is 0.0121. The van der Waals surface area contributed by atoms with Gasteiger partial charge in [0.15, 0.2) is 0 Å². The van der Waals surface area contributed by atoms with E-state index in [1.54, 1.807) is 0 Å². The summed E-state index contributed by atoms with van der Waals surface area (Å²) in [6.45, 7) is 11.4. The maximum absolute atomic E-state index is 5.47. The molecule has 144 valence electrons. The Morgan fingerprint density at radius 3 is 2.44 bits per heavy atom. The molecule has 2 aliphatic heterocycles. The highest BCUT2D eigenvalue weighted by Crippen LogP contribution is 2.19. The molecule has 0 saturated carbocycles. The maximum Gasteiger partial charge on any atom is 0.225 e. The van der Waals surface area contributed by atoms with Crippen LogP contribution in [0.4, 0.5) is 5.95 Å². The first-order valence-electron chi connectivity index (χ1n) is 9.97. The standard InChI is InChI=1S/C21H29N5O/c1-18(25-13-15-27-16-14-25)17-24-9-11-26(12-10-24)21-22-8-7-20(23-21)19-5-3-2-4-6-19/h2-8,18H,9-17H2,1H3/t18-/m1/s1. The van der Waals surface area contributed by atoms with Gasteiger partial charge in [0.1, 0.15) is 0 Å². The first-order chi connectivity index (χ1) is 13.3. The van der Waals surface area contributed by atoms with E-state index in [9.17, 15) is 0 Å². The summed E-state index contributed by atoms with van der Waals surface area (Å²) in [6.07, 6.45) is 1.87. The van der Waals surface area contributed by atoms with Crippen LogP contribution < -0.4 is 4.90 Å².